The van der Waals surface area contributed by atoms with Crippen LogP contribution in [0.1, 0.15) is 44.2 Å². The zero-order valence-electron chi connectivity index (χ0n) is 16.1. The van der Waals surface area contributed by atoms with Gasteiger partial charge in [-0.2, -0.15) is 0 Å². The van der Waals surface area contributed by atoms with Gasteiger partial charge < -0.3 is 10.2 Å². The first-order valence-electron chi connectivity index (χ1n) is 10.3. The number of amides is 2. The number of nitrogens with zero attached hydrogens (tertiary/aromatic N) is 2. The van der Waals surface area contributed by atoms with E-state index >= 15 is 0 Å². The Hall–Kier alpha value is -2.21. The fraction of sp³-hybridized carbons (Fsp3) is 0.500. The van der Waals surface area contributed by atoms with Gasteiger partial charge >= 0.3 is 0 Å². The minimum absolute atomic E-state index is 0.00479. The van der Waals surface area contributed by atoms with Crippen LogP contribution in [-0.4, -0.2) is 40.8 Å². The van der Waals surface area contributed by atoms with Crippen LogP contribution in [0, 0.1) is 5.92 Å². The average Bonchev–Trinajstić information content (AvgIpc) is 3.36. The number of aromatic nitrogens is 1. The zero-order chi connectivity index (χ0) is 19.3. The Morgan fingerprint density at radius 3 is 2.75 bits per heavy atom. The monoisotopic (exact) mass is 397 g/mol. The molecule has 2 amide bonds. The number of likely N-dealkylation sites (tertiary alicyclic amines) is 1. The van der Waals surface area contributed by atoms with Crippen molar-refractivity contribution in [3.8, 4) is 10.6 Å². The van der Waals surface area contributed by atoms with Gasteiger partial charge in [0, 0.05) is 42.9 Å². The number of nitrogens with one attached hydrogen (secondary N) is 1. The number of hydrogen-bond donors (Lipinski definition) is 1. The molecule has 1 aromatic heterocycles. The summed E-state index contributed by atoms with van der Waals surface area (Å²) in [7, 11) is 0. The number of thiazole rings is 1. The molecule has 4 rings (SSSR count). The maximum atomic E-state index is 12.5. The van der Waals surface area contributed by atoms with Crippen LogP contribution in [0.5, 0.6) is 0 Å². The van der Waals surface area contributed by atoms with E-state index in [0.29, 0.717) is 32.0 Å². The van der Waals surface area contributed by atoms with Crippen molar-refractivity contribution >= 4 is 23.2 Å². The average molecular weight is 398 g/mol. The van der Waals surface area contributed by atoms with Gasteiger partial charge in [-0.3, -0.25) is 9.59 Å². The first-order chi connectivity index (χ1) is 13.7. The van der Waals surface area contributed by atoms with Crippen LogP contribution in [0.4, 0.5) is 0 Å². The molecular weight excluding hydrogens is 370 g/mol. The molecule has 2 fully saturated rings. The molecule has 1 atom stereocenters. The summed E-state index contributed by atoms with van der Waals surface area (Å²) in [6, 6.07) is 10.5. The van der Waals surface area contributed by atoms with E-state index in [1.54, 1.807) is 11.3 Å². The number of carbonyl (C=O) groups excluding carboxylic acids is 2. The van der Waals surface area contributed by atoms with Crippen molar-refractivity contribution in [2.24, 2.45) is 5.92 Å². The molecule has 1 saturated heterocycles. The van der Waals surface area contributed by atoms with Gasteiger partial charge in [-0.15, -0.1) is 11.3 Å². The van der Waals surface area contributed by atoms with Crippen molar-refractivity contribution < 1.29 is 9.59 Å². The Morgan fingerprint density at radius 1 is 1.18 bits per heavy atom. The van der Waals surface area contributed by atoms with Gasteiger partial charge in [-0.05, 0) is 12.8 Å². The van der Waals surface area contributed by atoms with Gasteiger partial charge in [0.05, 0.1) is 11.6 Å². The molecule has 0 radical (unpaired) electrons. The fourth-order valence-electron chi connectivity index (χ4n) is 4.25. The van der Waals surface area contributed by atoms with Crippen LogP contribution in [0.2, 0.25) is 0 Å². The molecule has 5 nitrogen and oxygen atoms in total. The van der Waals surface area contributed by atoms with Crippen molar-refractivity contribution in [1.29, 1.82) is 0 Å². The van der Waals surface area contributed by atoms with Crippen LogP contribution in [0.3, 0.4) is 0 Å². The van der Waals surface area contributed by atoms with Crippen molar-refractivity contribution in [2.45, 2.75) is 51.0 Å². The molecular formula is C22H27N3O2S. The van der Waals surface area contributed by atoms with Crippen molar-refractivity contribution in [1.82, 2.24) is 15.2 Å². The second kappa shape index (κ2) is 8.86. The van der Waals surface area contributed by atoms with Gasteiger partial charge in [-0.1, -0.05) is 49.6 Å². The van der Waals surface area contributed by atoms with Gasteiger partial charge in [0.15, 0.2) is 0 Å². The van der Waals surface area contributed by atoms with E-state index in [4.69, 9.17) is 0 Å². The zero-order valence-corrected chi connectivity index (χ0v) is 16.9. The third kappa shape index (κ3) is 4.43. The summed E-state index contributed by atoms with van der Waals surface area (Å²) in [6.07, 6.45) is 6.92. The number of benzene rings is 1. The Kier molecular flexibility index (Phi) is 6.05. The summed E-state index contributed by atoms with van der Waals surface area (Å²) < 4.78 is 0. The van der Waals surface area contributed by atoms with Crippen LogP contribution in [0.25, 0.3) is 10.6 Å². The van der Waals surface area contributed by atoms with E-state index in [-0.39, 0.29) is 17.7 Å². The summed E-state index contributed by atoms with van der Waals surface area (Å²) in [4.78, 5) is 31.5. The lowest BCUT2D eigenvalue weighted by Crippen LogP contribution is -2.39. The summed E-state index contributed by atoms with van der Waals surface area (Å²) in [5.74, 6) is -0.0473. The molecule has 0 bridgehead atoms. The molecule has 28 heavy (non-hydrogen) atoms. The highest BCUT2D eigenvalue weighted by molar-refractivity contribution is 7.13. The topological polar surface area (TPSA) is 62.3 Å². The third-order valence-electron chi connectivity index (χ3n) is 5.80. The smallest absolute Gasteiger partial charge is 0.225 e. The van der Waals surface area contributed by atoms with Crippen LogP contribution in [0.15, 0.2) is 35.7 Å². The van der Waals surface area contributed by atoms with E-state index in [1.165, 1.54) is 19.3 Å². The lowest BCUT2D eigenvalue weighted by Gasteiger charge is -2.31. The maximum absolute atomic E-state index is 12.5. The highest BCUT2D eigenvalue weighted by Crippen LogP contribution is 2.28. The van der Waals surface area contributed by atoms with Gasteiger partial charge in [0.1, 0.15) is 5.01 Å². The Balaban J connectivity index is 1.25. The van der Waals surface area contributed by atoms with Gasteiger partial charge in [0.25, 0.3) is 0 Å². The van der Waals surface area contributed by atoms with E-state index in [2.05, 4.69) is 27.8 Å². The van der Waals surface area contributed by atoms with Gasteiger partial charge in [0.2, 0.25) is 11.8 Å². The summed E-state index contributed by atoms with van der Waals surface area (Å²) in [5, 5.41) is 6.07. The van der Waals surface area contributed by atoms with Crippen molar-refractivity contribution in [3.05, 3.63) is 41.4 Å². The molecule has 1 N–H and O–H groups in total. The minimum Gasteiger partial charge on any atom is -0.355 e. The van der Waals surface area contributed by atoms with Crippen molar-refractivity contribution in [2.75, 3.05) is 13.1 Å². The highest BCUT2D eigenvalue weighted by Gasteiger charge is 2.37. The second-order valence-electron chi connectivity index (χ2n) is 7.79. The fourth-order valence-corrected chi connectivity index (χ4v) is 5.11. The standard InChI is InChI=1S/C22H27N3O2S/c26-20-13-17(14-25(20)19-9-5-2-6-10-19)21(27)23-12-11-18-15-28-22(24-18)16-7-3-1-4-8-16/h1,3-4,7-8,15,17,19H,2,5-6,9-14H2,(H,23,27). The van der Waals surface area contributed by atoms with Crippen molar-refractivity contribution in [3.63, 3.8) is 0 Å². The largest absolute Gasteiger partial charge is 0.355 e. The Morgan fingerprint density at radius 2 is 1.96 bits per heavy atom. The predicted molar refractivity (Wildman–Crippen MR) is 111 cm³/mol. The maximum Gasteiger partial charge on any atom is 0.225 e. The van der Waals surface area contributed by atoms with E-state index in [9.17, 15) is 9.59 Å². The number of carbonyl (C=O) groups is 2. The van der Waals surface area contributed by atoms with Crippen LogP contribution in [-0.2, 0) is 16.0 Å². The third-order valence-corrected chi connectivity index (χ3v) is 6.74. The Bertz CT molecular complexity index is 814. The minimum atomic E-state index is -0.204. The molecule has 1 aromatic carbocycles. The Labute approximate surface area is 170 Å². The molecule has 2 aromatic rings. The molecule has 1 unspecified atom stereocenters. The molecule has 1 aliphatic carbocycles. The van der Waals surface area contributed by atoms with Crippen LogP contribution < -0.4 is 5.32 Å². The normalized spacial score (nSPS) is 20.5. The lowest BCUT2D eigenvalue weighted by molar-refractivity contribution is -0.130. The summed E-state index contributed by atoms with van der Waals surface area (Å²) >= 11 is 1.63. The first-order valence-corrected chi connectivity index (χ1v) is 11.2. The molecule has 148 valence electrons. The number of hydrogen-bond acceptors (Lipinski definition) is 4. The summed E-state index contributed by atoms with van der Waals surface area (Å²) in [6.45, 7) is 1.15. The van der Waals surface area contributed by atoms with Crippen LogP contribution >= 0.6 is 11.3 Å². The van der Waals surface area contributed by atoms with E-state index in [0.717, 1.165) is 29.1 Å². The quantitative estimate of drug-likeness (QED) is 0.809. The molecule has 0 spiro atoms. The number of rotatable bonds is 6. The molecule has 6 heteroatoms. The molecule has 1 aliphatic heterocycles. The highest BCUT2D eigenvalue weighted by atomic mass is 32.1. The lowest BCUT2D eigenvalue weighted by atomic mass is 9.94. The predicted octanol–water partition coefficient (Wildman–Crippen LogP) is 3.65. The second-order valence-corrected chi connectivity index (χ2v) is 8.65. The summed E-state index contributed by atoms with van der Waals surface area (Å²) in [5.41, 5.74) is 2.12. The van der Waals surface area contributed by atoms with E-state index in [1.807, 2.05) is 23.1 Å². The van der Waals surface area contributed by atoms with E-state index < -0.39 is 0 Å². The van der Waals surface area contributed by atoms with Gasteiger partial charge in [-0.25, -0.2) is 4.98 Å². The SMILES string of the molecule is O=C(NCCc1csc(-c2ccccc2)n1)C1CC(=O)N(C2CCCCC2)C1. The molecule has 2 aliphatic rings. The molecule has 2 heterocycles. The first kappa shape index (κ1) is 19.1. The molecule has 1 saturated carbocycles.